The van der Waals surface area contributed by atoms with E-state index in [1.165, 1.54) is 5.56 Å². The SMILES string of the molecule is Cc1cc(C)c(CC(=O)O)c(CBr)c1. The lowest BCUT2D eigenvalue weighted by Gasteiger charge is -2.10. The Morgan fingerprint density at radius 3 is 2.57 bits per heavy atom. The predicted octanol–water partition coefficient (Wildman–Crippen LogP) is 2.83. The Kier molecular flexibility index (Phi) is 3.69. The third-order valence-electron chi connectivity index (χ3n) is 2.18. The number of aryl methyl sites for hydroxylation is 2. The Labute approximate surface area is 92.1 Å². The minimum Gasteiger partial charge on any atom is -0.481 e. The molecular weight excluding hydrogens is 244 g/mol. The standard InChI is InChI=1S/C11H13BrO2/c1-7-3-8(2)10(5-11(13)14)9(4-7)6-12/h3-4H,5-6H2,1-2H3,(H,13,14). The Hall–Kier alpha value is -0.830. The van der Waals surface area contributed by atoms with E-state index in [4.69, 9.17) is 5.11 Å². The van der Waals surface area contributed by atoms with Gasteiger partial charge in [0.1, 0.15) is 0 Å². The normalized spacial score (nSPS) is 10.2. The second-order valence-corrected chi connectivity index (χ2v) is 3.98. The van der Waals surface area contributed by atoms with Crippen molar-refractivity contribution in [1.29, 1.82) is 0 Å². The van der Waals surface area contributed by atoms with Crippen LogP contribution in [-0.4, -0.2) is 11.1 Å². The number of carboxylic acid groups (broad SMARTS) is 1. The van der Waals surface area contributed by atoms with Crippen LogP contribution >= 0.6 is 15.9 Å². The van der Waals surface area contributed by atoms with Crippen LogP contribution in [0.25, 0.3) is 0 Å². The first-order chi connectivity index (χ1) is 6.54. The fraction of sp³-hybridized carbons (Fsp3) is 0.364. The van der Waals surface area contributed by atoms with Gasteiger partial charge in [0.25, 0.3) is 0 Å². The molecule has 0 fully saturated rings. The molecule has 0 saturated carbocycles. The quantitative estimate of drug-likeness (QED) is 0.845. The molecule has 0 aliphatic heterocycles. The summed E-state index contributed by atoms with van der Waals surface area (Å²) in [6, 6.07) is 4.05. The van der Waals surface area contributed by atoms with Crippen LogP contribution < -0.4 is 0 Å². The first kappa shape index (κ1) is 11.2. The van der Waals surface area contributed by atoms with Gasteiger partial charge >= 0.3 is 5.97 Å². The van der Waals surface area contributed by atoms with Crippen molar-refractivity contribution in [2.75, 3.05) is 0 Å². The molecule has 1 N–H and O–H groups in total. The lowest BCUT2D eigenvalue weighted by molar-refractivity contribution is -0.136. The van der Waals surface area contributed by atoms with Crippen molar-refractivity contribution in [3.05, 3.63) is 34.4 Å². The number of hydrogen-bond donors (Lipinski definition) is 1. The van der Waals surface area contributed by atoms with Crippen molar-refractivity contribution in [2.45, 2.75) is 25.6 Å². The van der Waals surface area contributed by atoms with Crippen LogP contribution in [0.2, 0.25) is 0 Å². The number of benzene rings is 1. The monoisotopic (exact) mass is 256 g/mol. The largest absolute Gasteiger partial charge is 0.481 e. The van der Waals surface area contributed by atoms with E-state index in [-0.39, 0.29) is 6.42 Å². The van der Waals surface area contributed by atoms with Crippen molar-refractivity contribution in [3.63, 3.8) is 0 Å². The maximum atomic E-state index is 10.7. The Bertz CT molecular complexity index is 359. The molecule has 0 atom stereocenters. The van der Waals surface area contributed by atoms with Crippen LogP contribution in [0.5, 0.6) is 0 Å². The van der Waals surface area contributed by atoms with Crippen LogP contribution in [-0.2, 0) is 16.5 Å². The van der Waals surface area contributed by atoms with Gasteiger partial charge in [-0.15, -0.1) is 0 Å². The van der Waals surface area contributed by atoms with Crippen LogP contribution in [0, 0.1) is 13.8 Å². The summed E-state index contributed by atoms with van der Waals surface area (Å²) in [7, 11) is 0. The molecule has 0 aliphatic rings. The van der Waals surface area contributed by atoms with Crippen LogP contribution in [0.3, 0.4) is 0 Å². The molecular formula is C11H13BrO2. The van der Waals surface area contributed by atoms with E-state index in [1.807, 2.05) is 26.0 Å². The molecule has 2 nitrogen and oxygen atoms in total. The summed E-state index contributed by atoms with van der Waals surface area (Å²) in [5.41, 5.74) is 4.23. The Balaban J connectivity index is 3.18. The highest BCUT2D eigenvalue weighted by atomic mass is 79.9. The lowest BCUT2D eigenvalue weighted by Crippen LogP contribution is -2.05. The van der Waals surface area contributed by atoms with Crippen molar-refractivity contribution >= 4 is 21.9 Å². The number of carboxylic acids is 1. The van der Waals surface area contributed by atoms with E-state index in [0.29, 0.717) is 5.33 Å². The molecule has 1 aromatic carbocycles. The summed E-state index contributed by atoms with van der Waals surface area (Å²) in [4.78, 5) is 10.7. The van der Waals surface area contributed by atoms with Gasteiger partial charge in [-0.2, -0.15) is 0 Å². The highest BCUT2D eigenvalue weighted by Gasteiger charge is 2.09. The molecule has 3 heteroatoms. The van der Waals surface area contributed by atoms with Gasteiger partial charge in [0.15, 0.2) is 0 Å². The number of carbonyl (C=O) groups is 1. The zero-order valence-corrected chi connectivity index (χ0v) is 9.89. The smallest absolute Gasteiger partial charge is 0.307 e. The number of halogens is 1. The summed E-state index contributed by atoms with van der Waals surface area (Å²) in [6.45, 7) is 3.97. The molecule has 0 radical (unpaired) electrons. The van der Waals surface area contributed by atoms with Crippen LogP contribution in [0.15, 0.2) is 12.1 Å². The van der Waals surface area contributed by atoms with Crippen molar-refractivity contribution in [2.24, 2.45) is 0 Å². The highest BCUT2D eigenvalue weighted by molar-refractivity contribution is 9.08. The fourth-order valence-corrected chi connectivity index (χ4v) is 2.11. The number of aliphatic carboxylic acids is 1. The molecule has 14 heavy (non-hydrogen) atoms. The van der Waals surface area contributed by atoms with E-state index in [0.717, 1.165) is 16.7 Å². The summed E-state index contributed by atoms with van der Waals surface area (Å²) < 4.78 is 0. The average molecular weight is 257 g/mol. The molecule has 0 aliphatic carbocycles. The fourth-order valence-electron chi connectivity index (χ4n) is 1.61. The van der Waals surface area contributed by atoms with Gasteiger partial charge in [0, 0.05) is 5.33 Å². The van der Waals surface area contributed by atoms with Gasteiger partial charge in [-0.05, 0) is 30.5 Å². The molecule has 0 bridgehead atoms. The molecule has 76 valence electrons. The molecule has 0 heterocycles. The van der Waals surface area contributed by atoms with Gasteiger partial charge < -0.3 is 5.11 Å². The molecule has 0 unspecified atom stereocenters. The van der Waals surface area contributed by atoms with Crippen LogP contribution in [0.1, 0.15) is 22.3 Å². The first-order valence-electron chi connectivity index (χ1n) is 4.41. The second-order valence-electron chi connectivity index (χ2n) is 3.42. The Morgan fingerprint density at radius 2 is 2.07 bits per heavy atom. The van der Waals surface area contributed by atoms with Crippen molar-refractivity contribution < 1.29 is 9.90 Å². The number of rotatable bonds is 3. The molecule has 1 aromatic rings. The van der Waals surface area contributed by atoms with Crippen molar-refractivity contribution in [1.82, 2.24) is 0 Å². The first-order valence-corrected chi connectivity index (χ1v) is 5.53. The van der Waals surface area contributed by atoms with E-state index in [9.17, 15) is 4.79 Å². The van der Waals surface area contributed by atoms with Crippen molar-refractivity contribution in [3.8, 4) is 0 Å². The molecule has 0 spiro atoms. The minimum absolute atomic E-state index is 0.104. The molecule has 1 rings (SSSR count). The number of hydrogen-bond acceptors (Lipinski definition) is 1. The number of alkyl halides is 1. The van der Waals surface area contributed by atoms with E-state index in [2.05, 4.69) is 15.9 Å². The van der Waals surface area contributed by atoms with E-state index >= 15 is 0 Å². The highest BCUT2D eigenvalue weighted by Crippen LogP contribution is 2.20. The topological polar surface area (TPSA) is 37.3 Å². The molecule has 0 saturated heterocycles. The summed E-state index contributed by atoms with van der Waals surface area (Å²) in [5, 5.41) is 9.47. The Morgan fingerprint density at radius 1 is 1.43 bits per heavy atom. The summed E-state index contributed by atoms with van der Waals surface area (Å²) in [5.74, 6) is -0.779. The zero-order chi connectivity index (χ0) is 10.7. The van der Waals surface area contributed by atoms with E-state index in [1.54, 1.807) is 0 Å². The minimum atomic E-state index is -0.779. The summed E-state index contributed by atoms with van der Waals surface area (Å²) >= 11 is 3.37. The van der Waals surface area contributed by atoms with Gasteiger partial charge in [-0.1, -0.05) is 33.6 Å². The van der Waals surface area contributed by atoms with Gasteiger partial charge in [0.2, 0.25) is 0 Å². The molecule has 0 aromatic heterocycles. The second kappa shape index (κ2) is 4.60. The third-order valence-corrected chi connectivity index (χ3v) is 2.79. The maximum absolute atomic E-state index is 10.7. The summed E-state index contributed by atoms with van der Waals surface area (Å²) in [6.07, 6.45) is 0.104. The third kappa shape index (κ3) is 2.58. The van der Waals surface area contributed by atoms with Gasteiger partial charge in [0.05, 0.1) is 6.42 Å². The average Bonchev–Trinajstić information content (AvgIpc) is 2.08. The van der Waals surface area contributed by atoms with Gasteiger partial charge in [-0.3, -0.25) is 4.79 Å². The maximum Gasteiger partial charge on any atom is 0.307 e. The molecule has 0 amide bonds. The van der Waals surface area contributed by atoms with Crippen LogP contribution in [0.4, 0.5) is 0 Å². The zero-order valence-electron chi connectivity index (χ0n) is 8.30. The van der Waals surface area contributed by atoms with Gasteiger partial charge in [-0.25, -0.2) is 0 Å². The van der Waals surface area contributed by atoms with E-state index < -0.39 is 5.97 Å². The predicted molar refractivity (Wildman–Crippen MR) is 59.9 cm³/mol. The lowest BCUT2D eigenvalue weighted by atomic mass is 9.97.